The monoisotopic (exact) mass is 494 g/mol. The zero-order chi connectivity index (χ0) is 25.7. The van der Waals surface area contributed by atoms with E-state index in [0.29, 0.717) is 17.1 Å². The summed E-state index contributed by atoms with van der Waals surface area (Å²) in [5.74, 6) is -1.20. The smallest absolute Gasteiger partial charge is 0.259 e. The van der Waals surface area contributed by atoms with Crippen molar-refractivity contribution in [2.24, 2.45) is 0 Å². The Hall–Kier alpha value is -4.99. The molecule has 1 aliphatic carbocycles. The normalized spacial score (nSPS) is 12.2. The van der Waals surface area contributed by atoms with Crippen molar-refractivity contribution < 1.29 is 20.4 Å². The van der Waals surface area contributed by atoms with Gasteiger partial charge in [-0.25, -0.2) is 9.55 Å². The Bertz CT molecular complexity index is 1890. The minimum absolute atomic E-state index is 0.0135. The minimum atomic E-state index is -0.348. The van der Waals surface area contributed by atoms with E-state index in [9.17, 15) is 20.4 Å². The second-order valence-electron chi connectivity index (χ2n) is 9.21. The number of benzene rings is 2. The Morgan fingerprint density at radius 1 is 0.676 bits per heavy atom. The molecule has 37 heavy (non-hydrogen) atoms. The van der Waals surface area contributed by atoms with Crippen LogP contribution in [0.4, 0.5) is 0 Å². The van der Waals surface area contributed by atoms with Crippen molar-refractivity contribution in [3.63, 3.8) is 0 Å². The maximum atomic E-state index is 11.2. The third-order valence-electron chi connectivity index (χ3n) is 7.35. The van der Waals surface area contributed by atoms with E-state index in [1.54, 1.807) is 13.8 Å². The van der Waals surface area contributed by atoms with Gasteiger partial charge < -0.3 is 25.0 Å². The molecule has 0 saturated heterocycles. The molecule has 4 heterocycles. The van der Waals surface area contributed by atoms with E-state index in [-0.39, 0.29) is 51.7 Å². The summed E-state index contributed by atoms with van der Waals surface area (Å²) in [6, 6.07) is 13.8. The van der Waals surface area contributed by atoms with Crippen LogP contribution in [0.15, 0.2) is 42.5 Å². The predicted octanol–water partition coefficient (Wildman–Crippen LogP) is 4.67. The maximum absolute atomic E-state index is 11.2. The summed E-state index contributed by atoms with van der Waals surface area (Å²) in [6.45, 7) is 6.39. The van der Waals surface area contributed by atoms with Gasteiger partial charge in [0.15, 0.2) is 0 Å². The molecular formula is C27H22N6O4. The molecular weight excluding hydrogens is 472 g/mol. The number of aromatic nitrogens is 6. The number of fused-ring (bicyclic) bond motifs is 7. The number of rotatable bonds is 3. The average molecular weight is 495 g/mol. The molecule has 10 heteroatoms. The molecule has 0 saturated carbocycles. The summed E-state index contributed by atoms with van der Waals surface area (Å²) >= 11 is 0. The van der Waals surface area contributed by atoms with E-state index in [2.05, 4.69) is 32.7 Å². The summed E-state index contributed by atoms with van der Waals surface area (Å²) in [5.41, 5.74) is 4.82. The zero-order valence-corrected chi connectivity index (χ0v) is 20.2. The molecule has 4 aromatic heterocycles. The van der Waals surface area contributed by atoms with Crippen LogP contribution in [-0.4, -0.2) is 49.3 Å². The Balaban J connectivity index is 1.42. The van der Waals surface area contributed by atoms with Crippen LogP contribution >= 0.6 is 0 Å². The first-order valence-corrected chi connectivity index (χ1v) is 11.9. The van der Waals surface area contributed by atoms with Gasteiger partial charge in [0, 0.05) is 28.4 Å². The third-order valence-corrected chi connectivity index (χ3v) is 7.35. The van der Waals surface area contributed by atoms with Gasteiger partial charge in [0.2, 0.25) is 23.5 Å². The van der Waals surface area contributed by atoms with Crippen LogP contribution in [0.1, 0.15) is 18.3 Å². The molecule has 0 bridgehead atoms. The van der Waals surface area contributed by atoms with Crippen molar-refractivity contribution in [3.05, 3.63) is 53.9 Å². The Morgan fingerprint density at radius 2 is 1.27 bits per heavy atom. The second kappa shape index (κ2) is 7.03. The number of hydrogen-bond donors (Lipinski definition) is 4. The summed E-state index contributed by atoms with van der Waals surface area (Å²) in [7, 11) is 0. The fraction of sp³-hybridized carbons (Fsp3) is 0.148. The van der Waals surface area contributed by atoms with Gasteiger partial charge in [0.1, 0.15) is 0 Å². The van der Waals surface area contributed by atoms with Crippen LogP contribution < -0.4 is 0 Å². The van der Waals surface area contributed by atoms with E-state index in [0.717, 1.165) is 32.9 Å². The van der Waals surface area contributed by atoms with Gasteiger partial charge in [-0.1, -0.05) is 18.2 Å². The second-order valence-corrected chi connectivity index (χ2v) is 9.21. The van der Waals surface area contributed by atoms with Crippen molar-refractivity contribution in [1.82, 2.24) is 28.9 Å². The van der Waals surface area contributed by atoms with Crippen LogP contribution in [0.2, 0.25) is 0 Å². The number of para-hydroxylation sites is 1. The van der Waals surface area contributed by atoms with Crippen molar-refractivity contribution in [2.75, 3.05) is 0 Å². The highest BCUT2D eigenvalue weighted by Crippen LogP contribution is 2.65. The largest absolute Gasteiger partial charge is 0.494 e. The summed E-state index contributed by atoms with van der Waals surface area (Å²) < 4.78 is 4.59. The predicted molar refractivity (Wildman–Crippen MR) is 138 cm³/mol. The summed E-state index contributed by atoms with van der Waals surface area (Å²) in [6.07, 6.45) is 0. The van der Waals surface area contributed by atoms with Crippen LogP contribution in [0.3, 0.4) is 0 Å². The minimum Gasteiger partial charge on any atom is -0.494 e. The molecule has 4 N–H and O–H groups in total. The molecule has 0 unspecified atom stereocenters. The molecule has 0 radical (unpaired) electrons. The van der Waals surface area contributed by atoms with Crippen molar-refractivity contribution in [3.8, 4) is 57.4 Å². The highest BCUT2D eigenvalue weighted by molar-refractivity contribution is 6.13. The summed E-state index contributed by atoms with van der Waals surface area (Å²) in [5, 5.41) is 54.5. The molecule has 0 amide bonds. The van der Waals surface area contributed by atoms with Crippen molar-refractivity contribution in [2.45, 2.75) is 27.3 Å². The Labute approximate surface area is 209 Å². The van der Waals surface area contributed by atoms with E-state index in [4.69, 9.17) is 0 Å². The molecule has 6 aromatic rings. The maximum Gasteiger partial charge on any atom is 0.259 e. The number of aromatic hydroxyl groups is 4. The molecule has 0 aliphatic heterocycles. The molecule has 2 aromatic carbocycles. The van der Waals surface area contributed by atoms with Gasteiger partial charge in [-0.3, -0.25) is 4.57 Å². The third kappa shape index (κ3) is 2.51. The number of hydrogen-bond acceptors (Lipinski definition) is 7. The van der Waals surface area contributed by atoms with Crippen LogP contribution in [0.25, 0.3) is 55.7 Å². The van der Waals surface area contributed by atoms with Gasteiger partial charge in [0.05, 0.1) is 39.3 Å². The van der Waals surface area contributed by atoms with Crippen LogP contribution in [-0.2, 0) is 6.54 Å². The molecule has 0 fully saturated rings. The lowest BCUT2D eigenvalue weighted by atomic mass is 9.86. The quantitative estimate of drug-likeness (QED) is 0.280. The molecule has 7 rings (SSSR count). The van der Waals surface area contributed by atoms with E-state index in [1.807, 2.05) is 36.4 Å². The Kier molecular flexibility index (Phi) is 4.05. The lowest BCUT2D eigenvalue weighted by Gasteiger charge is -2.14. The molecule has 184 valence electrons. The highest BCUT2D eigenvalue weighted by atomic mass is 16.3. The van der Waals surface area contributed by atoms with E-state index >= 15 is 0 Å². The lowest BCUT2D eigenvalue weighted by Crippen LogP contribution is -2.05. The Morgan fingerprint density at radius 3 is 1.89 bits per heavy atom. The van der Waals surface area contributed by atoms with Gasteiger partial charge in [-0.15, -0.1) is 5.10 Å². The van der Waals surface area contributed by atoms with Crippen molar-refractivity contribution >= 4 is 21.8 Å². The van der Waals surface area contributed by atoms with Gasteiger partial charge in [-0.2, -0.15) is 5.10 Å². The fourth-order valence-electron chi connectivity index (χ4n) is 5.48. The molecule has 0 spiro atoms. The number of nitrogens with zero attached hydrogens (tertiary/aromatic N) is 6. The zero-order valence-electron chi connectivity index (χ0n) is 20.2. The topological polar surface area (TPSA) is 134 Å². The fourth-order valence-corrected chi connectivity index (χ4v) is 5.48. The first-order valence-electron chi connectivity index (χ1n) is 11.9. The van der Waals surface area contributed by atoms with Gasteiger partial charge in [0.25, 0.3) is 5.95 Å². The first-order chi connectivity index (χ1) is 17.8. The van der Waals surface area contributed by atoms with Crippen molar-refractivity contribution in [1.29, 1.82) is 0 Å². The lowest BCUT2D eigenvalue weighted by molar-refractivity contribution is 0.395. The van der Waals surface area contributed by atoms with E-state index in [1.165, 1.54) is 4.57 Å². The van der Waals surface area contributed by atoms with Crippen LogP contribution in [0, 0.1) is 13.8 Å². The molecule has 1 aliphatic rings. The van der Waals surface area contributed by atoms with Gasteiger partial charge in [-0.05, 0) is 45.0 Å². The number of aryl methyl sites for hydroxylation is 3. The SMILES string of the molecule is CCn1c2ccccc2c2cc(-n3c(O)c4c(c3O)-c3c-4c(O)n(-c4nnc(C)c(C)n4)c3O)ccc21. The van der Waals surface area contributed by atoms with E-state index < -0.39 is 0 Å². The molecule has 0 atom stereocenters. The average Bonchev–Trinajstić information content (AvgIpc) is 3.37. The molecule has 10 nitrogen and oxygen atoms in total. The van der Waals surface area contributed by atoms with Crippen LogP contribution in [0.5, 0.6) is 23.5 Å². The standard InChI is InChI=1S/C27H22N6O4/c1-4-31-17-8-6-5-7-15(17)16-11-14(9-10-18(16)31)32-23(34)19-20(24(32)35)22-21(19)25(36)33(26(22)37)27-28-12(2)13(3)29-30-27/h5-11,34-37H,4H2,1-3H3. The summed E-state index contributed by atoms with van der Waals surface area (Å²) in [4.78, 5) is 4.30. The van der Waals surface area contributed by atoms with Gasteiger partial charge >= 0.3 is 0 Å². The highest BCUT2D eigenvalue weighted by Gasteiger charge is 2.44. The first kappa shape index (κ1) is 21.3.